The second-order valence-electron chi connectivity index (χ2n) is 5.02. The van der Waals surface area contributed by atoms with Crippen molar-refractivity contribution in [3.8, 4) is 0 Å². The summed E-state index contributed by atoms with van der Waals surface area (Å²) in [6.07, 6.45) is 4.38. The molecule has 64 valence electrons. The minimum absolute atomic E-state index is 0.488. The van der Waals surface area contributed by atoms with Crippen molar-refractivity contribution < 1.29 is 0 Å². The SMILES string of the molecule is CC(C)NC1(C)CC2CC2C1. The van der Waals surface area contributed by atoms with Crippen LogP contribution in [-0.2, 0) is 0 Å². The maximum Gasteiger partial charge on any atom is 0.0161 e. The van der Waals surface area contributed by atoms with Crippen LogP contribution in [0.25, 0.3) is 0 Å². The van der Waals surface area contributed by atoms with Gasteiger partial charge in [-0.15, -0.1) is 0 Å². The fourth-order valence-corrected chi connectivity index (χ4v) is 2.87. The highest BCUT2D eigenvalue weighted by Crippen LogP contribution is 2.55. The zero-order valence-corrected chi connectivity index (χ0v) is 7.85. The second-order valence-corrected chi connectivity index (χ2v) is 5.02. The van der Waals surface area contributed by atoms with Gasteiger partial charge in [0.05, 0.1) is 0 Å². The van der Waals surface area contributed by atoms with Crippen LogP contribution < -0.4 is 5.32 Å². The van der Waals surface area contributed by atoms with Crippen LogP contribution in [0.15, 0.2) is 0 Å². The van der Waals surface area contributed by atoms with Crippen LogP contribution >= 0.6 is 0 Å². The Hall–Kier alpha value is -0.0400. The summed E-state index contributed by atoms with van der Waals surface area (Å²) in [6.45, 7) is 6.88. The molecule has 11 heavy (non-hydrogen) atoms. The molecule has 0 aromatic carbocycles. The van der Waals surface area contributed by atoms with Gasteiger partial charge < -0.3 is 5.32 Å². The number of hydrogen-bond donors (Lipinski definition) is 1. The van der Waals surface area contributed by atoms with Crippen LogP contribution in [0.2, 0.25) is 0 Å². The minimum atomic E-state index is 0.488. The summed E-state index contributed by atoms with van der Waals surface area (Å²) in [7, 11) is 0. The van der Waals surface area contributed by atoms with E-state index < -0.39 is 0 Å². The molecule has 0 aromatic rings. The van der Waals surface area contributed by atoms with Crippen LogP contribution in [0.3, 0.4) is 0 Å². The summed E-state index contributed by atoms with van der Waals surface area (Å²) < 4.78 is 0. The Balaban J connectivity index is 1.91. The summed E-state index contributed by atoms with van der Waals surface area (Å²) >= 11 is 0. The van der Waals surface area contributed by atoms with E-state index in [0.29, 0.717) is 11.6 Å². The van der Waals surface area contributed by atoms with E-state index in [-0.39, 0.29) is 0 Å². The molecular formula is C10H19N. The molecule has 2 aliphatic rings. The predicted molar refractivity (Wildman–Crippen MR) is 47.5 cm³/mol. The lowest BCUT2D eigenvalue weighted by Crippen LogP contribution is -2.44. The smallest absolute Gasteiger partial charge is 0.0161 e. The van der Waals surface area contributed by atoms with Gasteiger partial charge in [-0.1, -0.05) is 13.8 Å². The van der Waals surface area contributed by atoms with Gasteiger partial charge in [-0.25, -0.2) is 0 Å². The summed E-state index contributed by atoms with van der Waals surface area (Å²) in [5.74, 6) is 2.18. The molecule has 2 saturated carbocycles. The van der Waals surface area contributed by atoms with E-state index in [2.05, 4.69) is 26.1 Å². The Morgan fingerprint density at radius 1 is 1.27 bits per heavy atom. The fraction of sp³-hybridized carbons (Fsp3) is 1.00. The first-order chi connectivity index (χ1) is 5.09. The zero-order chi connectivity index (χ0) is 8.06. The van der Waals surface area contributed by atoms with Gasteiger partial charge in [0.15, 0.2) is 0 Å². The topological polar surface area (TPSA) is 12.0 Å². The van der Waals surface area contributed by atoms with Crippen molar-refractivity contribution in [2.45, 2.75) is 51.6 Å². The van der Waals surface area contributed by atoms with Crippen molar-refractivity contribution in [1.29, 1.82) is 0 Å². The largest absolute Gasteiger partial charge is 0.309 e. The molecule has 2 aliphatic carbocycles. The highest BCUT2D eigenvalue weighted by Gasteiger charge is 2.51. The van der Waals surface area contributed by atoms with E-state index in [0.717, 1.165) is 11.8 Å². The molecule has 0 amide bonds. The van der Waals surface area contributed by atoms with Gasteiger partial charge in [-0.2, -0.15) is 0 Å². The molecule has 1 N–H and O–H groups in total. The molecule has 2 unspecified atom stereocenters. The van der Waals surface area contributed by atoms with E-state index in [4.69, 9.17) is 0 Å². The molecule has 0 bridgehead atoms. The summed E-state index contributed by atoms with van der Waals surface area (Å²) in [4.78, 5) is 0. The molecule has 0 aromatic heterocycles. The lowest BCUT2D eigenvalue weighted by atomic mass is 9.95. The fourth-order valence-electron chi connectivity index (χ4n) is 2.87. The minimum Gasteiger partial charge on any atom is -0.309 e. The van der Waals surface area contributed by atoms with Crippen molar-refractivity contribution >= 4 is 0 Å². The van der Waals surface area contributed by atoms with Crippen LogP contribution in [0.1, 0.15) is 40.0 Å². The van der Waals surface area contributed by atoms with Gasteiger partial charge in [0.25, 0.3) is 0 Å². The van der Waals surface area contributed by atoms with Gasteiger partial charge >= 0.3 is 0 Å². The highest BCUT2D eigenvalue weighted by atomic mass is 15.0. The Morgan fingerprint density at radius 3 is 2.27 bits per heavy atom. The van der Waals surface area contributed by atoms with Crippen molar-refractivity contribution in [1.82, 2.24) is 5.32 Å². The monoisotopic (exact) mass is 153 g/mol. The van der Waals surface area contributed by atoms with E-state index in [1.54, 1.807) is 0 Å². The van der Waals surface area contributed by atoms with Crippen molar-refractivity contribution in [3.05, 3.63) is 0 Å². The van der Waals surface area contributed by atoms with Gasteiger partial charge in [-0.05, 0) is 38.0 Å². The molecule has 2 rings (SSSR count). The normalized spacial score (nSPS) is 48.0. The van der Waals surface area contributed by atoms with E-state index in [1.807, 2.05) is 0 Å². The molecule has 0 aliphatic heterocycles. The van der Waals surface area contributed by atoms with Gasteiger partial charge in [0.2, 0.25) is 0 Å². The summed E-state index contributed by atoms with van der Waals surface area (Å²) in [5.41, 5.74) is 0.488. The molecule has 0 saturated heterocycles. The lowest BCUT2D eigenvalue weighted by molar-refractivity contribution is 0.306. The summed E-state index contributed by atoms with van der Waals surface area (Å²) in [5, 5.41) is 3.68. The van der Waals surface area contributed by atoms with Gasteiger partial charge in [0, 0.05) is 11.6 Å². The number of hydrogen-bond acceptors (Lipinski definition) is 1. The van der Waals surface area contributed by atoms with Crippen molar-refractivity contribution in [2.24, 2.45) is 11.8 Å². The van der Waals surface area contributed by atoms with Crippen LogP contribution in [0.4, 0.5) is 0 Å². The van der Waals surface area contributed by atoms with Gasteiger partial charge in [-0.3, -0.25) is 0 Å². The average molecular weight is 153 g/mol. The summed E-state index contributed by atoms with van der Waals surface area (Å²) in [6, 6.07) is 0.650. The number of nitrogens with one attached hydrogen (secondary N) is 1. The Labute approximate surface area is 69.6 Å². The van der Waals surface area contributed by atoms with E-state index in [9.17, 15) is 0 Å². The molecular weight excluding hydrogens is 134 g/mol. The average Bonchev–Trinajstić information content (AvgIpc) is 2.37. The third kappa shape index (κ3) is 1.44. The molecule has 0 heterocycles. The molecule has 2 atom stereocenters. The Bertz CT molecular complexity index is 152. The molecule has 0 radical (unpaired) electrons. The molecule has 2 fully saturated rings. The zero-order valence-electron chi connectivity index (χ0n) is 7.85. The standard InChI is InChI=1S/C10H19N/c1-7(2)11-10(3)5-8-4-9(8)6-10/h7-9,11H,4-6H2,1-3H3. The first kappa shape index (κ1) is 7.60. The molecule has 1 nitrogen and oxygen atoms in total. The maximum atomic E-state index is 3.68. The van der Waals surface area contributed by atoms with Crippen LogP contribution in [-0.4, -0.2) is 11.6 Å². The van der Waals surface area contributed by atoms with Crippen molar-refractivity contribution in [2.75, 3.05) is 0 Å². The second kappa shape index (κ2) is 2.22. The third-order valence-electron chi connectivity index (χ3n) is 3.13. The van der Waals surface area contributed by atoms with Crippen LogP contribution in [0, 0.1) is 11.8 Å². The number of rotatable bonds is 2. The third-order valence-corrected chi connectivity index (χ3v) is 3.13. The number of fused-ring (bicyclic) bond motifs is 1. The lowest BCUT2D eigenvalue weighted by Gasteiger charge is -2.30. The van der Waals surface area contributed by atoms with Gasteiger partial charge in [0.1, 0.15) is 0 Å². The Kier molecular flexibility index (Phi) is 1.54. The predicted octanol–water partition coefficient (Wildman–Crippen LogP) is 2.17. The van der Waals surface area contributed by atoms with E-state index >= 15 is 0 Å². The Morgan fingerprint density at radius 2 is 1.82 bits per heavy atom. The van der Waals surface area contributed by atoms with E-state index in [1.165, 1.54) is 19.3 Å². The first-order valence-electron chi connectivity index (χ1n) is 4.87. The van der Waals surface area contributed by atoms with Crippen molar-refractivity contribution in [3.63, 3.8) is 0 Å². The first-order valence-corrected chi connectivity index (χ1v) is 4.87. The van der Waals surface area contributed by atoms with Crippen LogP contribution in [0.5, 0.6) is 0 Å². The molecule has 0 spiro atoms. The quantitative estimate of drug-likeness (QED) is 0.641. The molecule has 1 heteroatoms. The maximum absolute atomic E-state index is 3.68. The highest BCUT2D eigenvalue weighted by molar-refractivity contribution is 5.06.